The van der Waals surface area contributed by atoms with Crippen molar-refractivity contribution in [3.8, 4) is 11.4 Å². The van der Waals surface area contributed by atoms with Crippen LogP contribution in [0.5, 0.6) is 0 Å². The maximum Gasteiger partial charge on any atom is 0.248 e. The molecule has 1 fully saturated rings. The fourth-order valence-corrected chi connectivity index (χ4v) is 3.84. The predicted octanol–water partition coefficient (Wildman–Crippen LogP) is 4.14. The second-order valence-electron chi connectivity index (χ2n) is 7.28. The Hall–Kier alpha value is -1.39. The monoisotopic (exact) mass is 546 g/mol. The molecule has 0 spiro atoms. The topological polar surface area (TPSA) is 69.8 Å². The normalized spacial score (nSPS) is 16.8. The fraction of sp³-hybridized carbons (Fsp3) is 0.571. The Labute approximate surface area is 201 Å². The maximum atomic E-state index is 6.05. The van der Waals surface area contributed by atoms with Crippen molar-refractivity contribution in [1.29, 1.82) is 0 Å². The number of hydrogen-bond acceptors (Lipinski definition) is 5. The highest BCUT2D eigenvalue weighted by molar-refractivity contribution is 14.0. The molecule has 2 heterocycles. The number of hydrogen-bond donors (Lipinski definition) is 1. The summed E-state index contributed by atoms with van der Waals surface area (Å²) >= 11 is 6.05. The number of nitrogens with zero attached hydrogens (tertiary/aromatic N) is 5. The Balaban J connectivity index is 0.00000320. The van der Waals surface area contributed by atoms with Crippen LogP contribution in [0.25, 0.3) is 11.4 Å². The van der Waals surface area contributed by atoms with Gasteiger partial charge in [-0.05, 0) is 44.5 Å². The van der Waals surface area contributed by atoms with Crippen LogP contribution in [0.1, 0.15) is 33.1 Å². The first-order chi connectivity index (χ1) is 14.1. The van der Waals surface area contributed by atoms with Gasteiger partial charge in [-0.1, -0.05) is 42.7 Å². The third-order valence-corrected chi connectivity index (χ3v) is 5.48. The van der Waals surface area contributed by atoms with E-state index in [-0.39, 0.29) is 24.0 Å². The van der Waals surface area contributed by atoms with Crippen LogP contribution >= 0.6 is 35.6 Å². The molecule has 0 saturated carbocycles. The van der Waals surface area contributed by atoms with Crippen LogP contribution in [0, 0.1) is 5.92 Å². The Morgan fingerprint density at radius 3 is 2.83 bits per heavy atom. The van der Waals surface area contributed by atoms with Gasteiger partial charge in [-0.15, -0.1) is 24.0 Å². The molecule has 1 saturated heterocycles. The second kappa shape index (κ2) is 12.5. The largest absolute Gasteiger partial charge is 0.357 e. The Kier molecular flexibility index (Phi) is 10.3. The molecule has 166 valence electrons. The number of benzene rings is 1. The van der Waals surface area contributed by atoms with Gasteiger partial charge < -0.3 is 19.6 Å². The number of aliphatic imine (C=N–C) groups is 1. The molecule has 0 bridgehead atoms. The molecule has 30 heavy (non-hydrogen) atoms. The SMILES string of the molecule is CCNC(=NCc1nc(-c2cccc(Cl)c2)no1)N1CCC(CN(CC)CC)C1.I. The van der Waals surface area contributed by atoms with Crippen LogP contribution in [0.4, 0.5) is 0 Å². The number of aromatic nitrogens is 2. The van der Waals surface area contributed by atoms with Gasteiger partial charge in [0, 0.05) is 36.8 Å². The van der Waals surface area contributed by atoms with Gasteiger partial charge >= 0.3 is 0 Å². The smallest absolute Gasteiger partial charge is 0.248 e. The molecule has 1 aromatic heterocycles. The van der Waals surface area contributed by atoms with Gasteiger partial charge in [0.05, 0.1) is 0 Å². The summed E-state index contributed by atoms with van der Waals surface area (Å²) in [7, 11) is 0. The fourth-order valence-electron chi connectivity index (χ4n) is 3.65. The average molecular weight is 547 g/mol. The van der Waals surface area contributed by atoms with E-state index in [4.69, 9.17) is 21.1 Å². The van der Waals surface area contributed by atoms with Crippen LogP contribution in [-0.4, -0.2) is 65.2 Å². The van der Waals surface area contributed by atoms with Gasteiger partial charge in [-0.25, -0.2) is 4.99 Å². The number of guanidine groups is 1. The zero-order valence-electron chi connectivity index (χ0n) is 18.0. The van der Waals surface area contributed by atoms with Crippen molar-refractivity contribution in [2.75, 3.05) is 39.3 Å². The van der Waals surface area contributed by atoms with Crippen LogP contribution in [0.15, 0.2) is 33.8 Å². The third-order valence-electron chi connectivity index (χ3n) is 5.25. The van der Waals surface area contributed by atoms with Gasteiger partial charge in [0.25, 0.3) is 0 Å². The molecule has 1 unspecified atom stereocenters. The van der Waals surface area contributed by atoms with Gasteiger partial charge in [0.2, 0.25) is 11.7 Å². The first kappa shape index (κ1) is 24.9. The molecule has 1 aliphatic rings. The van der Waals surface area contributed by atoms with Gasteiger partial charge in [-0.2, -0.15) is 4.98 Å². The van der Waals surface area contributed by atoms with Crippen LogP contribution < -0.4 is 5.32 Å². The molecular weight excluding hydrogens is 515 g/mol. The standard InChI is InChI=1S/C21H31ClN6O.HI/c1-4-23-21(28-11-10-16(15-28)14-27(5-2)6-3)24-13-19-25-20(26-29-19)17-8-7-9-18(22)12-17;/h7-9,12,16H,4-6,10-11,13-15H2,1-3H3,(H,23,24);1H. The van der Waals surface area contributed by atoms with Crippen molar-refractivity contribution in [2.24, 2.45) is 10.9 Å². The van der Waals surface area contributed by atoms with E-state index in [1.807, 2.05) is 24.3 Å². The molecule has 7 nitrogen and oxygen atoms in total. The van der Waals surface area contributed by atoms with E-state index in [0.29, 0.717) is 29.2 Å². The van der Waals surface area contributed by atoms with Gasteiger partial charge in [0.15, 0.2) is 5.96 Å². The Morgan fingerprint density at radius 2 is 2.13 bits per heavy atom. The first-order valence-corrected chi connectivity index (χ1v) is 10.8. The first-order valence-electron chi connectivity index (χ1n) is 10.5. The second-order valence-corrected chi connectivity index (χ2v) is 7.72. The Morgan fingerprint density at radius 1 is 1.33 bits per heavy atom. The molecular formula is C21H32ClIN6O. The number of nitrogens with one attached hydrogen (secondary N) is 1. The van der Waals surface area contributed by atoms with Crippen molar-refractivity contribution in [2.45, 2.75) is 33.7 Å². The average Bonchev–Trinajstić information content (AvgIpc) is 3.39. The van der Waals surface area contributed by atoms with Crippen molar-refractivity contribution in [1.82, 2.24) is 25.3 Å². The van der Waals surface area contributed by atoms with E-state index in [1.165, 1.54) is 6.42 Å². The number of rotatable bonds is 8. The number of likely N-dealkylation sites (tertiary alicyclic amines) is 1. The van der Waals surface area contributed by atoms with Crippen molar-refractivity contribution < 1.29 is 4.52 Å². The van der Waals surface area contributed by atoms with E-state index in [9.17, 15) is 0 Å². The lowest BCUT2D eigenvalue weighted by Crippen LogP contribution is -2.40. The van der Waals surface area contributed by atoms with Gasteiger partial charge in [-0.3, -0.25) is 0 Å². The van der Waals surface area contributed by atoms with E-state index < -0.39 is 0 Å². The lowest BCUT2D eigenvalue weighted by atomic mass is 10.1. The summed E-state index contributed by atoms with van der Waals surface area (Å²) in [5.41, 5.74) is 0.835. The minimum atomic E-state index is 0. The highest BCUT2D eigenvalue weighted by atomic mass is 127. The molecule has 3 rings (SSSR count). The van der Waals surface area contributed by atoms with Gasteiger partial charge in [0.1, 0.15) is 6.54 Å². The van der Waals surface area contributed by atoms with E-state index in [1.54, 1.807) is 0 Å². The summed E-state index contributed by atoms with van der Waals surface area (Å²) in [6.45, 7) is 13.1. The van der Waals surface area contributed by atoms with Crippen LogP contribution in [-0.2, 0) is 6.54 Å². The van der Waals surface area contributed by atoms with Crippen LogP contribution in [0.3, 0.4) is 0 Å². The minimum Gasteiger partial charge on any atom is -0.357 e. The molecule has 2 aromatic rings. The molecule has 1 N–H and O–H groups in total. The zero-order chi connectivity index (χ0) is 20.6. The lowest BCUT2D eigenvalue weighted by molar-refractivity contribution is 0.255. The summed E-state index contributed by atoms with van der Waals surface area (Å²) < 4.78 is 5.39. The van der Waals surface area contributed by atoms with Crippen LogP contribution in [0.2, 0.25) is 5.02 Å². The third kappa shape index (κ3) is 6.81. The molecule has 1 aliphatic heterocycles. The lowest BCUT2D eigenvalue weighted by Gasteiger charge is -2.24. The van der Waals surface area contributed by atoms with E-state index in [0.717, 1.165) is 50.8 Å². The van der Waals surface area contributed by atoms with E-state index in [2.05, 4.69) is 46.0 Å². The highest BCUT2D eigenvalue weighted by Crippen LogP contribution is 2.21. The quantitative estimate of drug-likeness (QED) is 0.305. The molecule has 0 aliphatic carbocycles. The van der Waals surface area contributed by atoms with Crippen molar-refractivity contribution in [3.63, 3.8) is 0 Å². The maximum absolute atomic E-state index is 6.05. The minimum absolute atomic E-state index is 0. The predicted molar refractivity (Wildman–Crippen MR) is 132 cm³/mol. The summed E-state index contributed by atoms with van der Waals surface area (Å²) in [5.74, 6) is 2.62. The molecule has 1 atom stereocenters. The Bertz CT molecular complexity index is 810. The molecule has 0 radical (unpaired) electrons. The van der Waals surface area contributed by atoms with Crippen molar-refractivity contribution >= 4 is 41.5 Å². The highest BCUT2D eigenvalue weighted by Gasteiger charge is 2.26. The zero-order valence-corrected chi connectivity index (χ0v) is 21.1. The molecule has 0 amide bonds. The summed E-state index contributed by atoms with van der Waals surface area (Å²) in [6.07, 6.45) is 1.19. The summed E-state index contributed by atoms with van der Waals surface area (Å²) in [5, 5.41) is 8.10. The number of halogens is 2. The van der Waals surface area contributed by atoms with Crippen molar-refractivity contribution in [3.05, 3.63) is 35.2 Å². The molecule has 9 heteroatoms. The summed E-state index contributed by atoms with van der Waals surface area (Å²) in [4.78, 5) is 14.0. The molecule has 1 aromatic carbocycles. The van der Waals surface area contributed by atoms with E-state index >= 15 is 0 Å². The summed E-state index contributed by atoms with van der Waals surface area (Å²) in [6, 6.07) is 7.43.